The van der Waals surface area contributed by atoms with Crippen LogP contribution in [0.3, 0.4) is 0 Å². The third-order valence-electron chi connectivity index (χ3n) is 1.18. The van der Waals surface area contributed by atoms with Crippen molar-refractivity contribution >= 4 is 12.2 Å². The fraction of sp³-hybridized carbons (Fsp3) is 0.167. The van der Waals surface area contributed by atoms with E-state index in [-0.39, 0.29) is 12.4 Å². The van der Waals surface area contributed by atoms with Crippen LogP contribution in [0, 0.1) is 0 Å². The van der Waals surface area contributed by atoms with Gasteiger partial charge in [-0.25, -0.2) is 4.98 Å². The third-order valence-corrected chi connectivity index (χ3v) is 1.18. The van der Waals surface area contributed by atoms with Gasteiger partial charge in [0, 0.05) is 12.4 Å². The predicted octanol–water partition coefficient (Wildman–Crippen LogP) is -0.819. The summed E-state index contributed by atoms with van der Waals surface area (Å²) in [6, 6.07) is 0. The smallest absolute Gasteiger partial charge is 0.237 e. The summed E-state index contributed by atoms with van der Waals surface area (Å²) in [4.78, 5) is 24.3. The van der Waals surface area contributed by atoms with Crippen LogP contribution in [0.1, 0.15) is 10.6 Å². The lowest BCUT2D eigenvalue weighted by molar-refractivity contribution is -0.118. The SMILES string of the molecule is NC(=O)Cn1ccnc1C=O. The highest BCUT2D eigenvalue weighted by molar-refractivity contribution is 5.75. The Morgan fingerprint density at radius 3 is 3.09 bits per heavy atom. The third kappa shape index (κ3) is 1.64. The van der Waals surface area contributed by atoms with Gasteiger partial charge in [-0.15, -0.1) is 0 Å². The van der Waals surface area contributed by atoms with Crippen LogP contribution < -0.4 is 5.73 Å². The van der Waals surface area contributed by atoms with Gasteiger partial charge in [-0.05, 0) is 0 Å². The topological polar surface area (TPSA) is 78.0 Å². The second-order valence-electron chi connectivity index (χ2n) is 2.00. The second-order valence-corrected chi connectivity index (χ2v) is 2.00. The van der Waals surface area contributed by atoms with Gasteiger partial charge < -0.3 is 10.3 Å². The van der Waals surface area contributed by atoms with Gasteiger partial charge in [0.15, 0.2) is 12.1 Å². The molecule has 58 valence electrons. The maximum Gasteiger partial charge on any atom is 0.237 e. The number of aldehydes is 1. The van der Waals surface area contributed by atoms with E-state index in [0.717, 1.165) is 0 Å². The zero-order valence-corrected chi connectivity index (χ0v) is 5.73. The van der Waals surface area contributed by atoms with E-state index < -0.39 is 5.91 Å². The van der Waals surface area contributed by atoms with Crippen LogP contribution >= 0.6 is 0 Å². The Morgan fingerprint density at radius 2 is 2.55 bits per heavy atom. The summed E-state index contributed by atoms with van der Waals surface area (Å²) in [5.41, 5.74) is 4.90. The lowest BCUT2D eigenvalue weighted by atomic mass is 10.5. The van der Waals surface area contributed by atoms with E-state index in [1.807, 2.05) is 0 Å². The number of rotatable bonds is 3. The summed E-state index contributed by atoms with van der Waals surface area (Å²) < 4.78 is 1.38. The van der Waals surface area contributed by atoms with Crippen LogP contribution in [0.5, 0.6) is 0 Å². The van der Waals surface area contributed by atoms with Crippen molar-refractivity contribution in [3.05, 3.63) is 18.2 Å². The molecule has 1 heterocycles. The molecule has 0 bridgehead atoms. The average molecular weight is 153 g/mol. The Labute approximate surface area is 62.8 Å². The van der Waals surface area contributed by atoms with Crippen molar-refractivity contribution in [3.63, 3.8) is 0 Å². The van der Waals surface area contributed by atoms with Crippen molar-refractivity contribution in [1.29, 1.82) is 0 Å². The van der Waals surface area contributed by atoms with Crippen molar-refractivity contribution in [3.8, 4) is 0 Å². The lowest BCUT2D eigenvalue weighted by Crippen LogP contribution is -2.19. The van der Waals surface area contributed by atoms with E-state index in [1.165, 1.54) is 17.0 Å². The van der Waals surface area contributed by atoms with Crippen LogP contribution in [0.2, 0.25) is 0 Å². The van der Waals surface area contributed by atoms with Gasteiger partial charge in [0.1, 0.15) is 6.54 Å². The molecule has 5 heteroatoms. The van der Waals surface area contributed by atoms with Crippen molar-refractivity contribution in [1.82, 2.24) is 9.55 Å². The zero-order valence-electron chi connectivity index (χ0n) is 5.73. The number of amides is 1. The molecule has 0 unspecified atom stereocenters. The Morgan fingerprint density at radius 1 is 1.82 bits per heavy atom. The average Bonchev–Trinajstić information content (AvgIpc) is 2.34. The van der Waals surface area contributed by atoms with Crippen molar-refractivity contribution in [2.24, 2.45) is 5.73 Å². The summed E-state index contributed by atoms with van der Waals surface area (Å²) in [6.45, 7) is -0.00588. The fourth-order valence-electron chi connectivity index (χ4n) is 0.740. The van der Waals surface area contributed by atoms with Gasteiger partial charge in [0.05, 0.1) is 0 Å². The van der Waals surface area contributed by atoms with E-state index in [2.05, 4.69) is 4.98 Å². The molecule has 0 aliphatic heterocycles. The van der Waals surface area contributed by atoms with E-state index >= 15 is 0 Å². The predicted molar refractivity (Wildman–Crippen MR) is 36.8 cm³/mol. The van der Waals surface area contributed by atoms with E-state index in [1.54, 1.807) is 0 Å². The number of hydrogen-bond donors (Lipinski definition) is 1. The quantitative estimate of drug-likeness (QED) is 0.576. The minimum Gasteiger partial charge on any atom is -0.368 e. The van der Waals surface area contributed by atoms with E-state index in [0.29, 0.717) is 6.29 Å². The van der Waals surface area contributed by atoms with Crippen molar-refractivity contribution in [2.45, 2.75) is 6.54 Å². The minimum atomic E-state index is -0.494. The molecule has 0 aliphatic rings. The molecule has 0 aliphatic carbocycles. The largest absolute Gasteiger partial charge is 0.368 e. The Balaban J connectivity index is 2.84. The first-order valence-electron chi connectivity index (χ1n) is 2.98. The van der Waals surface area contributed by atoms with Gasteiger partial charge in [-0.1, -0.05) is 0 Å². The molecule has 5 nitrogen and oxygen atoms in total. The second kappa shape index (κ2) is 2.96. The molecule has 0 fully saturated rings. The molecular formula is C6H7N3O2. The van der Waals surface area contributed by atoms with Crippen LogP contribution in [-0.4, -0.2) is 21.7 Å². The summed E-state index contributed by atoms with van der Waals surface area (Å²) in [5.74, 6) is -0.282. The monoisotopic (exact) mass is 153 g/mol. The van der Waals surface area contributed by atoms with Gasteiger partial charge in [0.2, 0.25) is 5.91 Å². The van der Waals surface area contributed by atoms with Crippen LogP contribution in [0.15, 0.2) is 12.4 Å². The van der Waals surface area contributed by atoms with Gasteiger partial charge in [-0.3, -0.25) is 9.59 Å². The maximum absolute atomic E-state index is 10.4. The molecule has 1 rings (SSSR count). The summed E-state index contributed by atoms with van der Waals surface area (Å²) in [6.07, 6.45) is 3.53. The van der Waals surface area contributed by atoms with Gasteiger partial charge >= 0.3 is 0 Å². The molecule has 0 spiro atoms. The Kier molecular flexibility index (Phi) is 2.00. The fourth-order valence-corrected chi connectivity index (χ4v) is 0.740. The molecule has 0 aromatic carbocycles. The van der Waals surface area contributed by atoms with E-state index in [9.17, 15) is 9.59 Å². The van der Waals surface area contributed by atoms with Crippen molar-refractivity contribution in [2.75, 3.05) is 0 Å². The number of nitrogens with zero attached hydrogens (tertiary/aromatic N) is 2. The zero-order chi connectivity index (χ0) is 8.27. The molecule has 1 amide bonds. The molecule has 0 saturated carbocycles. The van der Waals surface area contributed by atoms with Gasteiger partial charge in [-0.2, -0.15) is 0 Å². The number of hydrogen-bond acceptors (Lipinski definition) is 3. The highest BCUT2D eigenvalue weighted by atomic mass is 16.1. The Bertz CT molecular complexity index is 279. The molecule has 0 radical (unpaired) electrons. The number of imidazole rings is 1. The molecule has 0 atom stereocenters. The Hall–Kier alpha value is -1.65. The van der Waals surface area contributed by atoms with Crippen molar-refractivity contribution < 1.29 is 9.59 Å². The first-order chi connectivity index (χ1) is 5.24. The summed E-state index contributed by atoms with van der Waals surface area (Å²) in [7, 11) is 0. The molecule has 11 heavy (non-hydrogen) atoms. The summed E-state index contributed by atoms with van der Waals surface area (Å²) in [5, 5.41) is 0. The number of carbonyl (C=O) groups is 2. The highest BCUT2D eigenvalue weighted by Gasteiger charge is 2.02. The minimum absolute atomic E-state index is 0.00588. The van der Waals surface area contributed by atoms with Crippen LogP contribution in [0.25, 0.3) is 0 Å². The first-order valence-corrected chi connectivity index (χ1v) is 2.98. The standard InChI is InChI=1S/C6H7N3O2/c7-5(11)3-9-2-1-8-6(9)4-10/h1-2,4H,3H2,(H2,7,11). The molecule has 2 N–H and O–H groups in total. The number of nitrogens with two attached hydrogens (primary N) is 1. The first kappa shape index (κ1) is 7.46. The highest BCUT2D eigenvalue weighted by Crippen LogP contribution is 1.92. The van der Waals surface area contributed by atoms with E-state index in [4.69, 9.17) is 5.73 Å². The van der Waals surface area contributed by atoms with Crippen LogP contribution in [-0.2, 0) is 11.3 Å². The maximum atomic E-state index is 10.4. The molecular weight excluding hydrogens is 146 g/mol. The number of primary amides is 1. The van der Waals surface area contributed by atoms with Gasteiger partial charge in [0.25, 0.3) is 0 Å². The van der Waals surface area contributed by atoms with Crippen LogP contribution in [0.4, 0.5) is 0 Å². The molecule has 1 aromatic heterocycles. The number of aromatic nitrogens is 2. The summed E-state index contributed by atoms with van der Waals surface area (Å²) >= 11 is 0. The normalized spacial score (nSPS) is 9.45. The molecule has 0 saturated heterocycles. The molecule has 1 aromatic rings. The number of carbonyl (C=O) groups excluding carboxylic acids is 2. The lowest BCUT2D eigenvalue weighted by Gasteiger charge is -1.97.